The minimum atomic E-state index is -0.323. The van der Waals surface area contributed by atoms with Gasteiger partial charge < -0.3 is 5.73 Å². The zero-order chi connectivity index (χ0) is 12.6. The minimum Gasteiger partial charge on any atom is -0.319 e. The van der Waals surface area contributed by atoms with E-state index in [-0.39, 0.29) is 5.54 Å². The third-order valence-electron chi connectivity index (χ3n) is 3.81. The first-order valence-electron chi connectivity index (χ1n) is 6.49. The van der Waals surface area contributed by atoms with Gasteiger partial charge in [-0.1, -0.05) is 25.7 Å². The summed E-state index contributed by atoms with van der Waals surface area (Å²) in [5.74, 6) is 0.903. The molecule has 0 bridgehead atoms. The normalized spacial score (nSPS) is 19.9. The maximum absolute atomic E-state index is 6.60. The number of halogens is 1. The van der Waals surface area contributed by atoms with Crippen molar-refractivity contribution in [3.63, 3.8) is 0 Å². The lowest BCUT2D eigenvalue weighted by atomic mass is 9.90. The van der Waals surface area contributed by atoms with Gasteiger partial charge in [-0.25, -0.2) is 0 Å². The lowest BCUT2D eigenvalue weighted by molar-refractivity contribution is 0.359. The minimum absolute atomic E-state index is 0.323. The number of rotatable bonds is 1. The van der Waals surface area contributed by atoms with E-state index in [1.807, 2.05) is 22.7 Å². The van der Waals surface area contributed by atoms with Crippen molar-refractivity contribution in [3.8, 4) is 0 Å². The number of nitrogens with two attached hydrogens (primary N) is 1. The second-order valence-electron chi connectivity index (χ2n) is 5.17. The first kappa shape index (κ1) is 12.1. The van der Waals surface area contributed by atoms with Gasteiger partial charge in [-0.15, -0.1) is 10.2 Å². The van der Waals surface area contributed by atoms with E-state index in [9.17, 15) is 0 Å². The van der Waals surface area contributed by atoms with Crippen LogP contribution in [-0.2, 0) is 5.54 Å². The Morgan fingerprint density at radius 3 is 2.56 bits per heavy atom. The van der Waals surface area contributed by atoms with Gasteiger partial charge in [-0.2, -0.15) is 0 Å². The molecule has 1 aliphatic carbocycles. The molecule has 2 N–H and O–H groups in total. The summed E-state index contributed by atoms with van der Waals surface area (Å²) >= 11 is 3.49. The zero-order valence-electron chi connectivity index (χ0n) is 10.3. The summed E-state index contributed by atoms with van der Waals surface area (Å²) in [6.07, 6.45) is 8.92. The molecule has 0 amide bonds. The SMILES string of the molecule is NC1(c2nnc3ccc(Br)cn23)CCCCCC1. The van der Waals surface area contributed by atoms with Crippen molar-refractivity contribution in [2.24, 2.45) is 5.73 Å². The van der Waals surface area contributed by atoms with Crippen molar-refractivity contribution < 1.29 is 0 Å². The molecule has 0 spiro atoms. The molecule has 0 unspecified atom stereocenters. The lowest BCUT2D eigenvalue weighted by Crippen LogP contribution is -2.38. The van der Waals surface area contributed by atoms with E-state index < -0.39 is 0 Å². The molecule has 1 aliphatic rings. The molecular formula is C13H17BrN4. The average Bonchev–Trinajstić information content (AvgIpc) is 2.65. The Labute approximate surface area is 115 Å². The molecule has 0 atom stereocenters. The standard InChI is InChI=1S/C13H17BrN4/c14-10-5-6-11-16-17-12(18(11)9-10)13(15)7-3-1-2-4-8-13/h5-6,9H,1-4,7-8,15H2. The third kappa shape index (κ3) is 2.06. The van der Waals surface area contributed by atoms with Gasteiger partial charge in [0, 0.05) is 10.7 Å². The molecule has 2 heterocycles. The number of nitrogens with zero attached hydrogens (tertiary/aromatic N) is 3. The molecule has 2 aromatic rings. The molecule has 1 fully saturated rings. The first-order chi connectivity index (χ1) is 8.69. The summed E-state index contributed by atoms with van der Waals surface area (Å²) in [4.78, 5) is 0. The number of aromatic nitrogens is 3. The molecule has 0 radical (unpaired) electrons. The molecule has 0 aliphatic heterocycles. The van der Waals surface area contributed by atoms with Crippen LogP contribution in [0.5, 0.6) is 0 Å². The Hall–Kier alpha value is -0.940. The highest BCUT2D eigenvalue weighted by molar-refractivity contribution is 9.10. The smallest absolute Gasteiger partial charge is 0.160 e. The molecule has 1 saturated carbocycles. The van der Waals surface area contributed by atoms with Crippen LogP contribution in [0.3, 0.4) is 0 Å². The van der Waals surface area contributed by atoms with E-state index in [2.05, 4.69) is 26.1 Å². The number of hydrogen-bond acceptors (Lipinski definition) is 3. The summed E-state index contributed by atoms with van der Waals surface area (Å²) in [5.41, 5.74) is 7.14. The zero-order valence-corrected chi connectivity index (χ0v) is 11.9. The molecule has 2 aromatic heterocycles. The van der Waals surface area contributed by atoms with Crippen LogP contribution < -0.4 is 5.73 Å². The van der Waals surface area contributed by atoms with E-state index in [0.717, 1.165) is 28.8 Å². The Balaban J connectivity index is 2.09. The molecule has 3 rings (SSSR count). The Kier molecular flexibility index (Phi) is 3.11. The van der Waals surface area contributed by atoms with Crippen LogP contribution in [0.1, 0.15) is 44.3 Å². The number of fused-ring (bicyclic) bond motifs is 1. The van der Waals surface area contributed by atoms with Gasteiger partial charge in [-0.05, 0) is 40.9 Å². The summed E-state index contributed by atoms with van der Waals surface area (Å²) < 4.78 is 3.04. The van der Waals surface area contributed by atoms with E-state index in [0.29, 0.717) is 0 Å². The molecule has 96 valence electrons. The number of pyridine rings is 1. The monoisotopic (exact) mass is 308 g/mol. The van der Waals surface area contributed by atoms with Crippen LogP contribution in [0, 0.1) is 0 Å². The van der Waals surface area contributed by atoms with Gasteiger partial charge in [0.05, 0.1) is 5.54 Å². The molecular weight excluding hydrogens is 292 g/mol. The van der Waals surface area contributed by atoms with Crippen LogP contribution in [-0.4, -0.2) is 14.6 Å². The maximum atomic E-state index is 6.60. The molecule has 5 heteroatoms. The summed E-state index contributed by atoms with van der Waals surface area (Å²) in [6.45, 7) is 0. The van der Waals surface area contributed by atoms with Crippen molar-refractivity contribution in [1.29, 1.82) is 0 Å². The second kappa shape index (κ2) is 4.63. The molecule has 18 heavy (non-hydrogen) atoms. The van der Waals surface area contributed by atoms with Crippen molar-refractivity contribution in [2.45, 2.75) is 44.1 Å². The fourth-order valence-corrected chi connectivity index (χ4v) is 3.12. The molecule has 4 nitrogen and oxygen atoms in total. The highest BCUT2D eigenvalue weighted by atomic mass is 79.9. The summed E-state index contributed by atoms with van der Waals surface area (Å²) in [7, 11) is 0. The van der Waals surface area contributed by atoms with Crippen molar-refractivity contribution in [2.75, 3.05) is 0 Å². The average molecular weight is 309 g/mol. The topological polar surface area (TPSA) is 56.2 Å². The van der Waals surface area contributed by atoms with Crippen molar-refractivity contribution in [3.05, 3.63) is 28.6 Å². The van der Waals surface area contributed by atoms with E-state index in [4.69, 9.17) is 5.73 Å². The van der Waals surface area contributed by atoms with Crippen LogP contribution >= 0.6 is 15.9 Å². The van der Waals surface area contributed by atoms with Gasteiger partial charge in [-0.3, -0.25) is 4.40 Å². The van der Waals surface area contributed by atoms with Crippen LogP contribution in [0.25, 0.3) is 5.65 Å². The first-order valence-corrected chi connectivity index (χ1v) is 7.28. The molecule has 0 saturated heterocycles. The number of hydrogen-bond donors (Lipinski definition) is 1. The van der Waals surface area contributed by atoms with Crippen molar-refractivity contribution in [1.82, 2.24) is 14.6 Å². The van der Waals surface area contributed by atoms with Gasteiger partial charge in [0.2, 0.25) is 0 Å². The van der Waals surface area contributed by atoms with E-state index in [1.54, 1.807) is 0 Å². The Bertz CT molecular complexity index is 555. The Morgan fingerprint density at radius 2 is 1.83 bits per heavy atom. The summed E-state index contributed by atoms with van der Waals surface area (Å²) in [5, 5.41) is 8.56. The maximum Gasteiger partial charge on any atom is 0.160 e. The predicted octanol–water partition coefficient (Wildman–Crippen LogP) is 3.00. The Morgan fingerprint density at radius 1 is 1.11 bits per heavy atom. The fourth-order valence-electron chi connectivity index (χ4n) is 2.79. The van der Waals surface area contributed by atoms with Gasteiger partial charge in [0.1, 0.15) is 0 Å². The van der Waals surface area contributed by atoms with E-state index in [1.165, 1.54) is 25.7 Å². The van der Waals surface area contributed by atoms with E-state index >= 15 is 0 Å². The van der Waals surface area contributed by atoms with Crippen LogP contribution in [0.15, 0.2) is 22.8 Å². The van der Waals surface area contributed by atoms with Gasteiger partial charge >= 0.3 is 0 Å². The van der Waals surface area contributed by atoms with Crippen LogP contribution in [0.4, 0.5) is 0 Å². The van der Waals surface area contributed by atoms with Gasteiger partial charge in [0.15, 0.2) is 11.5 Å². The third-order valence-corrected chi connectivity index (χ3v) is 4.28. The fraction of sp³-hybridized carbons (Fsp3) is 0.538. The lowest BCUT2D eigenvalue weighted by Gasteiger charge is -2.25. The predicted molar refractivity (Wildman–Crippen MR) is 74.3 cm³/mol. The second-order valence-corrected chi connectivity index (χ2v) is 6.09. The quantitative estimate of drug-likeness (QED) is 0.824. The largest absolute Gasteiger partial charge is 0.319 e. The highest BCUT2D eigenvalue weighted by Crippen LogP contribution is 2.33. The highest BCUT2D eigenvalue weighted by Gasteiger charge is 2.33. The summed E-state index contributed by atoms with van der Waals surface area (Å²) in [6, 6.07) is 3.94. The van der Waals surface area contributed by atoms with Crippen molar-refractivity contribution >= 4 is 21.6 Å². The van der Waals surface area contributed by atoms with Crippen LogP contribution in [0.2, 0.25) is 0 Å². The van der Waals surface area contributed by atoms with Gasteiger partial charge in [0.25, 0.3) is 0 Å². The molecule has 0 aromatic carbocycles.